The summed E-state index contributed by atoms with van der Waals surface area (Å²) in [6, 6.07) is 5.10. The summed E-state index contributed by atoms with van der Waals surface area (Å²) in [5, 5.41) is 8.98. The molecule has 1 aromatic carbocycles. The zero-order valence-corrected chi connectivity index (χ0v) is 9.77. The summed E-state index contributed by atoms with van der Waals surface area (Å²) in [5.41, 5.74) is 6.58. The number of nitrogens with two attached hydrogens (primary N) is 1. The number of hydrogen-bond donors (Lipinski definition) is 2. The van der Waals surface area contributed by atoms with Crippen LogP contribution in [-0.2, 0) is 0 Å². The molecule has 4 heteroatoms. The molecule has 1 rings (SSSR count). The first-order valence-electron chi connectivity index (χ1n) is 5.48. The standard InChI is InChI=1S/C12H19NO3/c1-3-15-11-6-5-9(10(13)8-14)7-12(11)16-4-2/h5-7,10,14H,3-4,8,13H2,1-2H3/t10-/m0/s1. The number of ether oxygens (including phenoxy) is 2. The van der Waals surface area contributed by atoms with E-state index in [0.29, 0.717) is 24.7 Å². The van der Waals surface area contributed by atoms with Crippen molar-refractivity contribution in [3.05, 3.63) is 23.8 Å². The van der Waals surface area contributed by atoms with Gasteiger partial charge >= 0.3 is 0 Å². The fraction of sp³-hybridized carbons (Fsp3) is 0.500. The molecule has 0 heterocycles. The molecule has 0 fully saturated rings. The first-order chi connectivity index (χ1) is 7.72. The van der Waals surface area contributed by atoms with Crippen LogP contribution in [0.3, 0.4) is 0 Å². The molecule has 0 aliphatic carbocycles. The fourth-order valence-electron chi connectivity index (χ4n) is 1.40. The van der Waals surface area contributed by atoms with Gasteiger partial charge in [0.1, 0.15) is 0 Å². The minimum absolute atomic E-state index is 0.0838. The van der Waals surface area contributed by atoms with Gasteiger partial charge in [0.25, 0.3) is 0 Å². The van der Waals surface area contributed by atoms with E-state index in [0.717, 1.165) is 5.56 Å². The van der Waals surface area contributed by atoms with Crippen molar-refractivity contribution in [3.8, 4) is 11.5 Å². The second kappa shape index (κ2) is 6.35. The van der Waals surface area contributed by atoms with Crippen molar-refractivity contribution >= 4 is 0 Å². The summed E-state index contributed by atoms with van der Waals surface area (Å²) in [4.78, 5) is 0. The van der Waals surface area contributed by atoms with Crippen molar-refractivity contribution < 1.29 is 14.6 Å². The Hall–Kier alpha value is -1.26. The first kappa shape index (κ1) is 12.8. The van der Waals surface area contributed by atoms with Gasteiger partial charge in [-0.05, 0) is 31.5 Å². The molecule has 0 aliphatic heterocycles. The Morgan fingerprint density at radius 3 is 2.38 bits per heavy atom. The van der Waals surface area contributed by atoms with Crippen LogP contribution in [-0.4, -0.2) is 24.9 Å². The Balaban J connectivity index is 2.96. The molecule has 0 bridgehead atoms. The largest absolute Gasteiger partial charge is 0.490 e. The quantitative estimate of drug-likeness (QED) is 0.769. The number of aliphatic hydroxyl groups is 1. The lowest BCUT2D eigenvalue weighted by molar-refractivity contribution is 0.265. The molecule has 0 aromatic heterocycles. The highest BCUT2D eigenvalue weighted by Crippen LogP contribution is 2.30. The zero-order valence-electron chi connectivity index (χ0n) is 9.77. The van der Waals surface area contributed by atoms with E-state index in [4.69, 9.17) is 20.3 Å². The van der Waals surface area contributed by atoms with Gasteiger partial charge < -0.3 is 20.3 Å². The molecule has 90 valence electrons. The van der Waals surface area contributed by atoms with Crippen molar-refractivity contribution in [2.24, 2.45) is 5.73 Å². The molecule has 0 saturated carbocycles. The Morgan fingerprint density at radius 2 is 1.81 bits per heavy atom. The molecular weight excluding hydrogens is 206 g/mol. The van der Waals surface area contributed by atoms with E-state index >= 15 is 0 Å². The molecule has 16 heavy (non-hydrogen) atoms. The van der Waals surface area contributed by atoms with Crippen molar-refractivity contribution in [2.45, 2.75) is 19.9 Å². The van der Waals surface area contributed by atoms with E-state index in [1.165, 1.54) is 0 Å². The third-order valence-electron chi connectivity index (χ3n) is 2.19. The van der Waals surface area contributed by atoms with Gasteiger partial charge in [0.15, 0.2) is 11.5 Å². The molecule has 0 saturated heterocycles. The smallest absolute Gasteiger partial charge is 0.161 e. The van der Waals surface area contributed by atoms with Crippen LogP contribution < -0.4 is 15.2 Å². The van der Waals surface area contributed by atoms with Gasteiger partial charge in [-0.15, -0.1) is 0 Å². The monoisotopic (exact) mass is 225 g/mol. The van der Waals surface area contributed by atoms with Crippen molar-refractivity contribution in [2.75, 3.05) is 19.8 Å². The van der Waals surface area contributed by atoms with E-state index in [-0.39, 0.29) is 12.6 Å². The lowest BCUT2D eigenvalue weighted by Crippen LogP contribution is -2.14. The van der Waals surface area contributed by atoms with Crippen molar-refractivity contribution in [3.63, 3.8) is 0 Å². The van der Waals surface area contributed by atoms with Crippen LogP contribution in [0.4, 0.5) is 0 Å². The van der Waals surface area contributed by atoms with E-state index < -0.39 is 0 Å². The number of hydrogen-bond acceptors (Lipinski definition) is 4. The molecule has 0 aliphatic rings. The summed E-state index contributed by atoms with van der Waals surface area (Å²) in [6.45, 7) is 4.90. The van der Waals surface area contributed by atoms with Crippen molar-refractivity contribution in [1.82, 2.24) is 0 Å². The second-order valence-electron chi connectivity index (χ2n) is 3.36. The Morgan fingerprint density at radius 1 is 1.19 bits per heavy atom. The highest BCUT2D eigenvalue weighted by Gasteiger charge is 2.10. The summed E-state index contributed by atoms with van der Waals surface area (Å²) in [7, 11) is 0. The third-order valence-corrected chi connectivity index (χ3v) is 2.19. The average Bonchev–Trinajstić information content (AvgIpc) is 2.31. The van der Waals surface area contributed by atoms with E-state index in [9.17, 15) is 0 Å². The maximum atomic E-state index is 8.98. The molecular formula is C12H19NO3. The molecule has 1 atom stereocenters. The number of benzene rings is 1. The van der Waals surface area contributed by atoms with Gasteiger partial charge in [0, 0.05) is 0 Å². The lowest BCUT2D eigenvalue weighted by atomic mass is 10.1. The topological polar surface area (TPSA) is 64.7 Å². The molecule has 3 N–H and O–H groups in total. The van der Waals surface area contributed by atoms with E-state index in [1.807, 2.05) is 32.0 Å². The van der Waals surface area contributed by atoms with Gasteiger partial charge in [-0.3, -0.25) is 0 Å². The number of rotatable bonds is 6. The maximum Gasteiger partial charge on any atom is 0.161 e. The van der Waals surface area contributed by atoms with Crippen molar-refractivity contribution in [1.29, 1.82) is 0 Å². The molecule has 0 amide bonds. The van der Waals surface area contributed by atoms with Crippen LogP contribution in [0, 0.1) is 0 Å². The predicted molar refractivity (Wildman–Crippen MR) is 62.8 cm³/mol. The predicted octanol–water partition coefficient (Wildman–Crippen LogP) is 1.48. The summed E-state index contributed by atoms with van der Waals surface area (Å²) in [6.07, 6.45) is 0. The average molecular weight is 225 g/mol. The fourth-order valence-corrected chi connectivity index (χ4v) is 1.40. The second-order valence-corrected chi connectivity index (χ2v) is 3.36. The van der Waals surface area contributed by atoms with Crippen LogP contribution in [0.1, 0.15) is 25.5 Å². The first-order valence-corrected chi connectivity index (χ1v) is 5.48. The van der Waals surface area contributed by atoms with E-state index in [1.54, 1.807) is 0 Å². The Kier molecular flexibility index (Phi) is 5.08. The molecule has 1 aromatic rings. The van der Waals surface area contributed by atoms with Crippen LogP contribution in [0.2, 0.25) is 0 Å². The van der Waals surface area contributed by atoms with Crippen LogP contribution in [0.15, 0.2) is 18.2 Å². The summed E-state index contributed by atoms with van der Waals surface area (Å²) in [5.74, 6) is 1.38. The summed E-state index contributed by atoms with van der Waals surface area (Å²) >= 11 is 0. The third kappa shape index (κ3) is 3.12. The van der Waals surface area contributed by atoms with Crippen LogP contribution in [0.25, 0.3) is 0 Å². The minimum Gasteiger partial charge on any atom is -0.490 e. The maximum absolute atomic E-state index is 8.98. The van der Waals surface area contributed by atoms with Gasteiger partial charge in [-0.1, -0.05) is 6.07 Å². The SMILES string of the molecule is CCOc1ccc([C@@H](N)CO)cc1OCC. The normalized spacial score (nSPS) is 12.2. The molecule has 0 spiro atoms. The van der Waals surface area contributed by atoms with Gasteiger partial charge in [0.05, 0.1) is 25.9 Å². The molecule has 0 radical (unpaired) electrons. The lowest BCUT2D eigenvalue weighted by Gasteiger charge is -2.14. The van der Waals surface area contributed by atoms with Gasteiger partial charge in [-0.2, -0.15) is 0 Å². The van der Waals surface area contributed by atoms with Crippen LogP contribution >= 0.6 is 0 Å². The van der Waals surface area contributed by atoms with Gasteiger partial charge in [0.2, 0.25) is 0 Å². The Bertz CT molecular complexity index is 328. The molecule has 4 nitrogen and oxygen atoms in total. The Labute approximate surface area is 96.0 Å². The van der Waals surface area contributed by atoms with Crippen LogP contribution in [0.5, 0.6) is 11.5 Å². The molecule has 0 unspecified atom stereocenters. The van der Waals surface area contributed by atoms with Gasteiger partial charge in [-0.25, -0.2) is 0 Å². The van der Waals surface area contributed by atoms with E-state index in [2.05, 4.69) is 0 Å². The summed E-state index contributed by atoms with van der Waals surface area (Å²) < 4.78 is 10.9. The highest BCUT2D eigenvalue weighted by atomic mass is 16.5. The highest BCUT2D eigenvalue weighted by molar-refractivity contribution is 5.43. The zero-order chi connectivity index (χ0) is 12.0. The number of aliphatic hydroxyl groups excluding tert-OH is 1. The minimum atomic E-state index is -0.380.